The van der Waals surface area contributed by atoms with Crippen LogP contribution in [0.25, 0.3) is 11.3 Å². The topological polar surface area (TPSA) is 77.0 Å². The normalized spacial score (nSPS) is 10.2. The van der Waals surface area contributed by atoms with Crippen molar-refractivity contribution < 1.29 is 9.53 Å². The highest BCUT2D eigenvalue weighted by molar-refractivity contribution is 5.96. The summed E-state index contributed by atoms with van der Waals surface area (Å²) in [5, 5.41) is 2.88. The van der Waals surface area contributed by atoms with Crippen molar-refractivity contribution in [2.45, 2.75) is 6.54 Å². The zero-order valence-electron chi connectivity index (χ0n) is 13.1. The van der Waals surface area contributed by atoms with Gasteiger partial charge in [-0.2, -0.15) is 0 Å². The molecule has 24 heavy (non-hydrogen) atoms. The molecular weight excluding hydrogens is 304 g/mol. The highest BCUT2D eigenvalue weighted by Gasteiger charge is 2.13. The van der Waals surface area contributed by atoms with Crippen molar-refractivity contribution in [2.75, 3.05) is 7.11 Å². The zero-order valence-corrected chi connectivity index (χ0v) is 13.1. The molecule has 6 nitrogen and oxygen atoms in total. The SMILES string of the molecule is COc1ncccc1C(=O)NCc1cccnc1-c1cccnc1. The van der Waals surface area contributed by atoms with Crippen molar-refractivity contribution in [1.82, 2.24) is 20.3 Å². The molecule has 0 unspecified atom stereocenters. The van der Waals surface area contributed by atoms with E-state index in [0.29, 0.717) is 18.0 Å². The van der Waals surface area contributed by atoms with Gasteiger partial charge in [0.1, 0.15) is 5.56 Å². The second-order valence-electron chi connectivity index (χ2n) is 5.00. The van der Waals surface area contributed by atoms with Crippen LogP contribution in [0, 0.1) is 0 Å². The molecule has 0 spiro atoms. The van der Waals surface area contributed by atoms with Crippen LogP contribution >= 0.6 is 0 Å². The van der Waals surface area contributed by atoms with Gasteiger partial charge in [0.15, 0.2) is 0 Å². The lowest BCUT2D eigenvalue weighted by Gasteiger charge is -2.11. The van der Waals surface area contributed by atoms with Gasteiger partial charge >= 0.3 is 0 Å². The predicted octanol–water partition coefficient (Wildman–Crippen LogP) is 2.48. The first-order chi connectivity index (χ1) is 11.8. The minimum Gasteiger partial charge on any atom is -0.480 e. The highest BCUT2D eigenvalue weighted by atomic mass is 16.5. The third-order valence-corrected chi connectivity index (χ3v) is 3.47. The molecule has 0 saturated carbocycles. The highest BCUT2D eigenvalue weighted by Crippen LogP contribution is 2.20. The Morgan fingerprint density at radius 3 is 2.67 bits per heavy atom. The monoisotopic (exact) mass is 320 g/mol. The molecule has 3 heterocycles. The van der Waals surface area contributed by atoms with Crippen molar-refractivity contribution in [3.05, 3.63) is 72.3 Å². The number of amides is 1. The fraction of sp³-hybridized carbons (Fsp3) is 0.111. The van der Waals surface area contributed by atoms with E-state index in [-0.39, 0.29) is 5.91 Å². The average Bonchev–Trinajstić information content (AvgIpc) is 2.67. The van der Waals surface area contributed by atoms with Crippen molar-refractivity contribution in [1.29, 1.82) is 0 Å². The second-order valence-corrected chi connectivity index (χ2v) is 5.00. The Kier molecular flexibility index (Phi) is 4.76. The van der Waals surface area contributed by atoms with E-state index in [1.165, 1.54) is 7.11 Å². The molecule has 6 heteroatoms. The lowest BCUT2D eigenvalue weighted by molar-refractivity contribution is 0.0947. The van der Waals surface area contributed by atoms with Crippen LogP contribution in [0.2, 0.25) is 0 Å². The summed E-state index contributed by atoms with van der Waals surface area (Å²) in [5.41, 5.74) is 3.00. The van der Waals surface area contributed by atoms with Crippen molar-refractivity contribution >= 4 is 5.91 Å². The number of pyridine rings is 3. The van der Waals surface area contributed by atoms with Crippen LogP contribution in [0.4, 0.5) is 0 Å². The molecule has 0 fully saturated rings. The molecule has 0 saturated heterocycles. The van der Waals surface area contributed by atoms with Gasteiger partial charge < -0.3 is 10.1 Å². The van der Waals surface area contributed by atoms with E-state index in [0.717, 1.165) is 16.8 Å². The molecule has 0 radical (unpaired) electrons. The molecule has 0 aliphatic heterocycles. The smallest absolute Gasteiger partial charge is 0.257 e. The summed E-state index contributed by atoms with van der Waals surface area (Å²) >= 11 is 0. The third kappa shape index (κ3) is 3.38. The fourth-order valence-electron chi connectivity index (χ4n) is 2.34. The quantitative estimate of drug-likeness (QED) is 0.781. The summed E-state index contributed by atoms with van der Waals surface area (Å²) in [6.45, 7) is 0.342. The first-order valence-corrected chi connectivity index (χ1v) is 7.41. The Morgan fingerprint density at radius 1 is 1.08 bits per heavy atom. The summed E-state index contributed by atoms with van der Waals surface area (Å²) < 4.78 is 5.12. The summed E-state index contributed by atoms with van der Waals surface area (Å²) in [4.78, 5) is 24.9. The molecule has 3 aromatic heterocycles. The number of carbonyl (C=O) groups is 1. The number of aromatic nitrogens is 3. The molecule has 0 aromatic carbocycles. The summed E-state index contributed by atoms with van der Waals surface area (Å²) in [7, 11) is 1.49. The van der Waals surface area contributed by atoms with E-state index in [2.05, 4.69) is 20.3 Å². The number of ether oxygens (including phenoxy) is 1. The van der Waals surface area contributed by atoms with Gasteiger partial charge in [0, 0.05) is 36.9 Å². The van der Waals surface area contributed by atoms with Gasteiger partial charge in [0.2, 0.25) is 5.88 Å². The Bertz CT molecular complexity index is 837. The van der Waals surface area contributed by atoms with Crippen LogP contribution in [0.1, 0.15) is 15.9 Å². The molecule has 0 aliphatic rings. The van der Waals surface area contributed by atoms with E-state index < -0.39 is 0 Å². The van der Waals surface area contributed by atoms with Gasteiger partial charge in [0.25, 0.3) is 5.91 Å². The van der Waals surface area contributed by atoms with Crippen LogP contribution in [-0.2, 0) is 6.54 Å². The number of nitrogens with zero attached hydrogens (tertiary/aromatic N) is 3. The molecule has 0 aliphatic carbocycles. The average molecular weight is 320 g/mol. The molecule has 0 bridgehead atoms. The van der Waals surface area contributed by atoms with Gasteiger partial charge in [-0.1, -0.05) is 6.07 Å². The minimum atomic E-state index is -0.249. The number of rotatable bonds is 5. The van der Waals surface area contributed by atoms with Gasteiger partial charge in [-0.15, -0.1) is 0 Å². The minimum absolute atomic E-state index is 0.249. The molecule has 0 atom stereocenters. The zero-order chi connectivity index (χ0) is 16.8. The lowest BCUT2D eigenvalue weighted by atomic mass is 10.1. The number of methoxy groups -OCH3 is 1. The summed E-state index contributed by atoms with van der Waals surface area (Å²) in [6.07, 6.45) is 6.76. The molecule has 120 valence electrons. The van der Waals surface area contributed by atoms with E-state index >= 15 is 0 Å². The molecule has 3 rings (SSSR count). The number of carbonyl (C=O) groups excluding carboxylic acids is 1. The Morgan fingerprint density at radius 2 is 1.88 bits per heavy atom. The lowest BCUT2D eigenvalue weighted by Crippen LogP contribution is -2.24. The predicted molar refractivity (Wildman–Crippen MR) is 89.4 cm³/mol. The maximum Gasteiger partial charge on any atom is 0.257 e. The third-order valence-electron chi connectivity index (χ3n) is 3.47. The maximum absolute atomic E-state index is 12.4. The van der Waals surface area contributed by atoms with Crippen molar-refractivity contribution in [2.24, 2.45) is 0 Å². The van der Waals surface area contributed by atoms with E-state index in [1.54, 1.807) is 36.9 Å². The first-order valence-electron chi connectivity index (χ1n) is 7.41. The summed E-state index contributed by atoms with van der Waals surface area (Å²) in [6, 6.07) is 10.9. The molecule has 1 amide bonds. The van der Waals surface area contributed by atoms with Crippen molar-refractivity contribution in [3.63, 3.8) is 0 Å². The largest absolute Gasteiger partial charge is 0.480 e. The molecular formula is C18H16N4O2. The van der Waals surface area contributed by atoms with Gasteiger partial charge in [0.05, 0.1) is 12.8 Å². The second kappa shape index (κ2) is 7.32. The Hall–Kier alpha value is -3.28. The Balaban J connectivity index is 1.79. The van der Waals surface area contributed by atoms with Crippen LogP contribution in [0.15, 0.2) is 61.2 Å². The van der Waals surface area contributed by atoms with Crippen LogP contribution in [0.5, 0.6) is 5.88 Å². The number of nitrogens with one attached hydrogen (secondary N) is 1. The van der Waals surface area contributed by atoms with Gasteiger partial charge in [-0.05, 0) is 35.9 Å². The van der Waals surface area contributed by atoms with Gasteiger partial charge in [-0.25, -0.2) is 4.98 Å². The molecule has 3 aromatic rings. The fourth-order valence-corrected chi connectivity index (χ4v) is 2.34. The number of hydrogen-bond donors (Lipinski definition) is 1. The van der Waals surface area contributed by atoms with Gasteiger partial charge in [-0.3, -0.25) is 14.8 Å². The van der Waals surface area contributed by atoms with E-state index in [4.69, 9.17) is 4.74 Å². The Labute approximate surface area is 139 Å². The molecule has 1 N–H and O–H groups in total. The van der Waals surface area contributed by atoms with E-state index in [9.17, 15) is 4.79 Å². The number of hydrogen-bond acceptors (Lipinski definition) is 5. The maximum atomic E-state index is 12.4. The first kappa shape index (κ1) is 15.6. The van der Waals surface area contributed by atoms with E-state index in [1.807, 2.05) is 24.3 Å². The summed E-state index contributed by atoms with van der Waals surface area (Å²) in [5.74, 6) is 0.0506. The van der Waals surface area contributed by atoms with Crippen molar-refractivity contribution in [3.8, 4) is 17.1 Å². The van der Waals surface area contributed by atoms with Crippen LogP contribution < -0.4 is 10.1 Å². The standard InChI is InChI=1S/C18H16N4O2/c1-24-18-15(7-4-10-21-18)17(23)22-12-14-6-3-9-20-16(14)13-5-2-8-19-11-13/h2-11H,12H2,1H3,(H,22,23). The van der Waals surface area contributed by atoms with Crippen LogP contribution in [-0.4, -0.2) is 28.0 Å². The van der Waals surface area contributed by atoms with Crippen LogP contribution in [0.3, 0.4) is 0 Å².